The molecule has 1 aliphatic rings. The summed E-state index contributed by atoms with van der Waals surface area (Å²) in [5.74, 6) is 0.651. The highest BCUT2D eigenvalue weighted by Gasteiger charge is 2.26. The van der Waals surface area contributed by atoms with Gasteiger partial charge in [-0.2, -0.15) is 0 Å². The normalized spacial score (nSPS) is 23.7. The average Bonchev–Trinajstić information content (AvgIpc) is 2.36. The monoisotopic (exact) mass is 169 g/mol. The molecule has 2 nitrogen and oxygen atoms in total. The molecule has 1 fully saturated rings. The molecular weight excluding hydrogens is 150 g/mol. The van der Waals surface area contributed by atoms with Crippen molar-refractivity contribution in [3.05, 3.63) is 0 Å². The van der Waals surface area contributed by atoms with Crippen LogP contribution in [0.25, 0.3) is 0 Å². The third-order valence-corrected chi connectivity index (χ3v) is 2.60. The van der Waals surface area contributed by atoms with Crippen LogP contribution in [0.15, 0.2) is 0 Å². The second-order valence-corrected chi connectivity index (χ2v) is 3.72. The smallest absolute Gasteiger partial charge is 0.225 e. The Morgan fingerprint density at radius 3 is 2.75 bits per heavy atom. The van der Waals surface area contributed by atoms with Crippen molar-refractivity contribution in [3.63, 3.8) is 0 Å². The molecule has 1 unspecified atom stereocenters. The van der Waals surface area contributed by atoms with Crippen molar-refractivity contribution in [1.29, 1.82) is 0 Å². The van der Waals surface area contributed by atoms with Gasteiger partial charge in [0.2, 0.25) is 5.91 Å². The lowest BCUT2D eigenvalue weighted by Gasteiger charge is -2.15. The zero-order valence-electron chi connectivity index (χ0n) is 8.18. The maximum atomic E-state index is 11.4. The zero-order valence-corrected chi connectivity index (χ0v) is 8.18. The number of unbranched alkanes of at least 4 members (excludes halogenated alkanes) is 2. The van der Waals surface area contributed by atoms with E-state index in [0.717, 1.165) is 19.5 Å². The SMILES string of the molecule is CCCCCN1CCC(C)C1=O. The van der Waals surface area contributed by atoms with E-state index in [1.807, 2.05) is 11.8 Å². The van der Waals surface area contributed by atoms with Gasteiger partial charge >= 0.3 is 0 Å². The van der Waals surface area contributed by atoms with Crippen molar-refractivity contribution in [2.45, 2.75) is 39.5 Å². The van der Waals surface area contributed by atoms with Gasteiger partial charge in [-0.15, -0.1) is 0 Å². The molecule has 70 valence electrons. The Kier molecular flexibility index (Phi) is 3.57. The van der Waals surface area contributed by atoms with Crippen LogP contribution in [0.3, 0.4) is 0 Å². The molecule has 0 aromatic heterocycles. The van der Waals surface area contributed by atoms with E-state index in [-0.39, 0.29) is 5.92 Å². The van der Waals surface area contributed by atoms with Crippen molar-refractivity contribution in [2.24, 2.45) is 5.92 Å². The Bertz CT molecular complexity index is 156. The predicted octanol–water partition coefficient (Wildman–Crippen LogP) is 2.04. The fourth-order valence-electron chi connectivity index (χ4n) is 1.67. The maximum absolute atomic E-state index is 11.4. The first kappa shape index (κ1) is 9.56. The van der Waals surface area contributed by atoms with Crippen molar-refractivity contribution >= 4 is 5.91 Å². The third kappa shape index (κ3) is 2.23. The Hall–Kier alpha value is -0.530. The van der Waals surface area contributed by atoms with Crippen LogP contribution in [-0.4, -0.2) is 23.9 Å². The Morgan fingerprint density at radius 2 is 2.25 bits per heavy atom. The molecule has 2 heteroatoms. The Labute approximate surface area is 74.9 Å². The molecule has 0 spiro atoms. The standard InChI is InChI=1S/C10H19NO/c1-3-4-5-7-11-8-6-9(2)10(11)12/h9H,3-8H2,1-2H3. The molecule has 0 aliphatic carbocycles. The largest absolute Gasteiger partial charge is 0.342 e. The summed E-state index contributed by atoms with van der Waals surface area (Å²) in [6.45, 7) is 6.19. The van der Waals surface area contributed by atoms with Crippen LogP contribution >= 0.6 is 0 Å². The highest BCUT2D eigenvalue weighted by Crippen LogP contribution is 2.17. The van der Waals surface area contributed by atoms with Gasteiger partial charge in [0.05, 0.1) is 0 Å². The summed E-state index contributed by atoms with van der Waals surface area (Å²) in [5.41, 5.74) is 0. The molecule has 0 aromatic rings. The summed E-state index contributed by atoms with van der Waals surface area (Å²) >= 11 is 0. The fourth-order valence-corrected chi connectivity index (χ4v) is 1.67. The highest BCUT2D eigenvalue weighted by atomic mass is 16.2. The Balaban J connectivity index is 2.20. The van der Waals surface area contributed by atoms with Crippen molar-refractivity contribution in [1.82, 2.24) is 4.90 Å². The summed E-state index contributed by atoms with van der Waals surface area (Å²) in [5, 5.41) is 0. The van der Waals surface area contributed by atoms with Gasteiger partial charge in [-0.05, 0) is 12.8 Å². The van der Waals surface area contributed by atoms with Gasteiger partial charge in [-0.1, -0.05) is 26.7 Å². The molecule has 1 amide bonds. The lowest BCUT2D eigenvalue weighted by Crippen LogP contribution is -2.27. The minimum atomic E-state index is 0.284. The van der Waals surface area contributed by atoms with Crippen LogP contribution < -0.4 is 0 Å². The number of rotatable bonds is 4. The molecule has 1 rings (SSSR count). The number of carbonyl (C=O) groups excluding carboxylic acids is 1. The predicted molar refractivity (Wildman–Crippen MR) is 49.9 cm³/mol. The summed E-state index contributed by atoms with van der Waals surface area (Å²) in [6.07, 6.45) is 4.72. The molecule has 12 heavy (non-hydrogen) atoms. The molecule has 0 bridgehead atoms. The van der Waals surface area contributed by atoms with Crippen molar-refractivity contribution in [3.8, 4) is 0 Å². The van der Waals surface area contributed by atoms with Gasteiger partial charge < -0.3 is 4.90 Å². The number of carbonyl (C=O) groups is 1. The van der Waals surface area contributed by atoms with Gasteiger partial charge in [0.15, 0.2) is 0 Å². The van der Waals surface area contributed by atoms with E-state index in [1.165, 1.54) is 19.3 Å². The highest BCUT2D eigenvalue weighted by molar-refractivity contribution is 5.80. The molecule has 0 radical (unpaired) electrons. The molecule has 0 saturated carbocycles. The van der Waals surface area contributed by atoms with Crippen molar-refractivity contribution < 1.29 is 4.79 Å². The fraction of sp³-hybridized carbons (Fsp3) is 0.900. The minimum absolute atomic E-state index is 0.284. The number of likely N-dealkylation sites (tertiary alicyclic amines) is 1. The molecule has 1 heterocycles. The first-order chi connectivity index (χ1) is 5.75. The second kappa shape index (κ2) is 4.48. The van der Waals surface area contributed by atoms with E-state index in [2.05, 4.69) is 6.92 Å². The van der Waals surface area contributed by atoms with Crippen molar-refractivity contribution in [2.75, 3.05) is 13.1 Å². The number of hydrogen-bond acceptors (Lipinski definition) is 1. The summed E-state index contributed by atoms with van der Waals surface area (Å²) < 4.78 is 0. The van der Waals surface area contributed by atoms with Gasteiger partial charge in [0.1, 0.15) is 0 Å². The quantitative estimate of drug-likeness (QED) is 0.590. The van der Waals surface area contributed by atoms with Crippen LogP contribution in [-0.2, 0) is 4.79 Å². The molecule has 1 atom stereocenters. The van der Waals surface area contributed by atoms with Crippen LogP contribution in [0.2, 0.25) is 0 Å². The minimum Gasteiger partial charge on any atom is -0.342 e. The van der Waals surface area contributed by atoms with E-state index in [4.69, 9.17) is 0 Å². The van der Waals surface area contributed by atoms with E-state index >= 15 is 0 Å². The zero-order chi connectivity index (χ0) is 8.97. The van der Waals surface area contributed by atoms with Gasteiger partial charge in [-0.3, -0.25) is 4.79 Å². The van der Waals surface area contributed by atoms with Gasteiger partial charge in [0, 0.05) is 19.0 Å². The maximum Gasteiger partial charge on any atom is 0.225 e. The first-order valence-corrected chi connectivity index (χ1v) is 5.04. The number of hydrogen-bond donors (Lipinski definition) is 0. The topological polar surface area (TPSA) is 20.3 Å². The summed E-state index contributed by atoms with van der Waals surface area (Å²) in [6, 6.07) is 0. The molecular formula is C10H19NO. The molecule has 0 N–H and O–H groups in total. The summed E-state index contributed by atoms with van der Waals surface area (Å²) in [7, 11) is 0. The van der Waals surface area contributed by atoms with E-state index in [0.29, 0.717) is 5.91 Å². The van der Waals surface area contributed by atoms with Crippen LogP contribution in [0.4, 0.5) is 0 Å². The van der Waals surface area contributed by atoms with Crippen LogP contribution in [0.1, 0.15) is 39.5 Å². The molecule has 0 aromatic carbocycles. The molecule has 1 aliphatic heterocycles. The van der Waals surface area contributed by atoms with Gasteiger partial charge in [-0.25, -0.2) is 0 Å². The lowest BCUT2D eigenvalue weighted by molar-refractivity contribution is -0.130. The first-order valence-electron chi connectivity index (χ1n) is 5.04. The third-order valence-electron chi connectivity index (χ3n) is 2.60. The lowest BCUT2D eigenvalue weighted by atomic mass is 10.1. The van der Waals surface area contributed by atoms with E-state index < -0.39 is 0 Å². The number of nitrogens with zero attached hydrogens (tertiary/aromatic N) is 1. The Morgan fingerprint density at radius 1 is 1.50 bits per heavy atom. The van der Waals surface area contributed by atoms with Gasteiger partial charge in [0.25, 0.3) is 0 Å². The van der Waals surface area contributed by atoms with Crippen LogP contribution in [0, 0.1) is 5.92 Å². The molecule has 1 saturated heterocycles. The van der Waals surface area contributed by atoms with E-state index in [9.17, 15) is 4.79 Å². The second-order valence-electron chi connectivity index (χ2n) is 3.72. The summed E-state index contributed by atoms with van der Waals surface area (Å²) in [4.78, 5) is 13.4. The number of amides is 1. The van der Waals surface area contributed by atoms with E-state index in [1.54, 1.807) is 0 Å². The average molecular weight is 169 g/mol. The van der Waals surface area contributed by atoms with Crippen LogP contribution in [0.5, 0.6) is 0 Å².